The van der Waals surface area contributed by atoms with Crippen LogP contribution in [-0.2, 0) is 4.79 Å². The normalized spacial score (nSPS) is 39.4. The third kappa shape index (κ3) is 2.41. The predicted molar refractivity (Wildman–Crippen MR) is 71.0 cm³/mol. The lowest BCUT2D eigenvalue weighted by Crippen LogP contribution is -2.47. The molecule has 2 saturated carbocycles. The van der Waals surface area contributed by atoms with Crippen LogP contribution in [0.4, 0.5) is 0 Å². The third-order valence-corrected chi connectivity index (χ3v) is 5.04. The summed E-state index contributed by atoms with van der Waals surface area (Å²) in [5.41, 5.74) is 5.43. The van der Waals surface area contributed by atoms with E-state index in [1.807, 2.05) is 0 Å². The second-order valence-corrected chi connectivity index (χ2v) is 6.22. The number of likely N-dealkylation sites (tertiary alicyclic amines) is 1. The van der Waals surface area contributed by atoms with E-state index < -0.39 is 0 Å². The molecule has 0 aromatic carbocycles. The smallest absolute Gasteiger partial charge is 0.224 e. The van der Waals surface area contributed by atoms with Crippen LogP contribution < -0.4 is 11.1 Å². The fourth-order valence-electron chi connectivity index (χ4n) is 3.99. The molecule has 4 atom stereocenters. The molecule has 1 aliphatic heterocycles. The van der Waals surface area contributed by atoms with Crippen LogP contribution in [-0.4, -0.2) is 43.0 Å². The molecule has 1 heterocycles. The van der Waals surface area contributed by atoms with Crippen molar-refractivity contribution in [2.45, 2.75) is 38.1 Å². The fraction of sp³-hybridized carbons (Fsp3) is 0.929. The van der Waals surface area contributed by atoms with Crippen molar-refractivity contribution in [1.82, 2.24) is 10.2 Å². The van der Waals surface area contributed by atoms with Crippen LogP contribution in [0.25, 0.3) is 0 Å². The van der Waals surface area contributed by atoms with Gasteiger partial charge < -0.3 is 11.1 Å². The molecule has 4 heteroatoms. The molecule has 3 rings (SSSR count). The van der Waals surface area contributed by atoms with Crippen molar-refractivity contribution in [2.24, 2.45) is 23.5 Å². The van der Waals surface area contributed by atoms with E-state index >= 15 is 0 Å². The zero-order valence-corrected chi connectivity index (χ0v) is 11.1. The van der Waals surface area contributed by atoms with Gasteiger partial charge in [0.25, 0.3) is 0 Å². The Morgan fingerprint density at radius 2 is 2.22 bits per heavy atom. The third-order valence-electron chi connectivity index (χ3n) is 5.04. The summed E-state index contributed by atoms with van der Waals surface area (Å²) in [6.07, 6.45) is 6.47. The molecule has 0 bridgehead atoms. The minimum atomic E-state index is 0.197. The first kappa shape index (κ1) is 12.4. The van der Waals surface area contributed by atoms with E-state index in [0.717, 1.165) is 30.8 Å². The van der Waals surface area contributed by atoms with Crippen molar-refractivity contribution in [1.29, 1.82) is 0 Å². The van der Waals surface area contributed by atoms with Crippen LogP contribution in [0.1, 0.15) is 32.1 Å². The van der Waals surface area contributed by atoms with Gasteiger partial charge in [0, 0.05) is 25.7 Å². The molecular weight excluding hydrogens is 226 g/mol. The molecule has 0 aromatic heterocycles. The summed E-state index contributed by atoms with van der Waals surface area (Å²) >= 11 is 0. The largest absolute Gasteiger partial charge is 0.355 e. The van der Waals surface area contributed by atoms with Crippen LogP contribution >= 0.6 is 0 Å². The van der Waals surface area contributed by atoms with E-state index in [4.69, 9.17) is 5.73 Å². The van der Waals surface area contributed by atoms with Crippen molar-refractivity contribution < 1.29 is 4.79 Å². The topological polar surface area (TPSA) is 58.4 Å². The van der Waals surface area contributed by atoms with Crippen LogP contribution in [0.2, 0.25) is 0 Å². The van der Waals surface area contributed by atoms with Gasteiger partial charge in [0.05, 0.1) is 5.92 Å². The van der Waals surface area contributed by atoms with Crippen LogP contribution in [0.3, 0.4) is 0 Å². The number of fused-ring (bicyclic) bond motifs is 1. The fourth-order valence-corrected chi connectivity index (χ4v) is 3.99. The lowest BCUT2D eigenvalue weighted by Gasteiger charge is -2.37. The number of carbonyl (C=O) groups is 1. The second-order valence-electron chi connectivity index (χ2n) is 6.22. The number of nitrogens with two attached hydrogens (primary N) is 1. The molecular formula is C14H25N3O. The maximum Gasteiger partial charge on any atom is 0.224 e. The average Bonchev–Trinajstić information content (AvgIpc) is 3.07. The standard InChI is InChI=1S/C14H25N3O/c15-5-6-16-14(18)11-2-1-7-17(9-11)13-4-3-10-8-12(10)13/h10-13H,1-9,15H2,(H,16,18). The van der Waals surface area contributed by atoms with E-state index in [2.05, 4.69) is 10.2 Å². The summed E-state index contributed by atoms with van der Waals surface area (Å²) in [6, 6.07) is 0.792. The molecule has 1 saturated heterocycles. The number of nitrogens with zero attached hydrogens (tertiary/aromatic N) is 1. The summed E-state index contributed by atoms with van der Waals surface area (Å²) in [4.78, 5) is 14.6. The van der Waals surface area contributed by atoms with Gasteiger partial charge in [-0.05, 0) is 50.5 Å². The Balaban J connectivity index is 1.53. The van der Waals surface area contributed by atoms with E-state index in [1.165, 1.54) is 32.2 Å². The molecule has 4 unspecified atom stereocenters. The monoisotopic (exact) mass is 251 g/mol. The zero-order valence-electron chi connectivity index (χ0n) is 11.1. The summed E-state index contributed by atoms with van der Waals surface area (Å²) in [6.45, 7) is 3.33. The number of hydrogen-bond donors (Lipinski definition) is 2. The first-order valence-electron chi connectivity index (χ1n) is 7.51. The highest BCUT2D eigenvalue weighted by atomic mass is 16.1. The second kappa shape index (κ2) is 5.17. The lowest BCUT2D eigenvalue weighted by molar-refractivity contribution is -0.127. The van der Waals surface area contributed by atoms with Crippen molar-refractivity contribution in [2.75, 3.05) is 26.2 Å². The lowest BCUT2D eigenvalue weighted by atomic mass is 9.94. The van der Waals surface area contributed by atoms with Crippen molar-refractivity contribution >= 4 is 5.91 Å². The van der Waals surface area contributed by atoms with Gasteiger partial charge in [-0.15, -0.1) is 0 Å². The van der Waals surface area contributed by atoms with E-state index in [9.17, 15) is 4.79 Å². The van der Waals surface area contributed by atoms with E-state index in [-0.39, 0.29) is 11.8 Å². The summed E-state index contributed by atoms with van der Waals surface area (Å²) in [5, 5.41) is 2.94. The Kier molecular flexibility index (Phi) is 3.57. The maximum atomic E-state index is 12.0. The molecule has 0 radical (unpaired) electrons. The van der Waals surface area contributed by atoms with Gasteiger partial charge in [-0.3, -0.25) is 9.69 Å². The van der Waals surface area contributed by atoms with Gasteiger partial charge in [-0.2, -0.15) is 0 Å². The van der Waals surface area contributed by atoms with Gasteiger partial charge in [0.15, 0.2) is 0 Å². The Morgan fingerprint density at radius 3 is 2.89 bits per heavy atom. The molecule has 3 aliphatic rings. The molecule has 0 spiro atoms. The van der Waals surface area contributed by atoms with Gasteiger partial charge in [0.1, 0.15) is 0 Å². The molecule has 0 aromatic rings. The van der Waals surface area contributed by atoms with Crippen molar-refractivity contribution in [3.8, 4) is 0 Å². The highest BCUT2D eigenvalue weighted by Crippen LogP contribution is 2.53. The molecule has 1 amide bonds. The molecule has 4 nitrogen and oxygen atoms in total. The molecule has 3 fully saturated rings. The summed E-state index contributed by atoms with van der Waals surface area (Å²) in [7, 11) is 0. The highest BCUT2D eigenvalue weighted by molar-refractivity contribution is 5.78. The average molecular weight is 251 g/mol. The van der Waals surface area contributed by atoms with Crippen molar-refractivity contribution in [3.05, 3.63) is 0 Å². The zero-order chi connectivity index (χ0) is 12.5. The quantitative estimate of drug-likeness (QED) is 0.768. The summed E-state index contributed by atoms with van der Waals surface area (Å²) in [5.74, 6) is 2.41. The number of carbonyl (C=O) groups excluding carboxylic acids is 1. The Bertz CT molecular complexity index is 320. The number of hydrogen-bond acceptors (Lipinski definition) is 3. The highest BCUT2D eigenvalue weighted by Gasteiger charge is 2.50. The Hall–Kier alpha value is -0.610. The first-order chi connectivity index (χ1) is 8.79. The van der Waals surface area contributed by atoms with Crippen LogP contribution in [0.5, 0.6) is 0 Å². The summed E-state index contributed by atoms with van der Waals surface area (Å²) < 4.78 is 0. The molecule has 2 aliphatic carbocycles. The number of piperidine rings is 1. The molecule has 3 N–H and O–H groups in total. The molecule has 102 valence electrons. The number of amides is 1. The van der Waals surface area contributed by atoms with Crippen LogP contribution in [0.15, 0.2) is 0 Å². The maximum absolute atomic E-state index is 12.0. The van der Waals surface area contributed by atoms with Crippen LogP contribution in [0, 0.1) is 17.8 Å². The van der Waals surface area contributed by atoms with Gasteiger partial charge in [-0.1, -0.05) is 0 Å². The van der Waals surface area contributed by atoms with Gasteiger partial charge in [0.2, 0.25) is 5.91 Å². The van der Waals surface area contributed by atoms with E-state index in [0.29, 0.717) is 13.1 Å². The molecule has 18 heavy (non-hydrogen) atoms. The SMILES string of the molecule is NCCNC(=O)C1CCCN(C2CCC3CC32)C1. The Labute approximate surface area is 109 Å². The van der Waals surface area contributed by atoms with Gasteiger partial charge >= 0.3 is 0 Å². The number of nitrogens with one attached hydrogen (secondary N) is 1. The predicted octanol–water partition coefficient (Wildman–Crippen LogP) is 0.572. The van der Waals surface area contributed by atoms with E-state index in [1.54, 1.807) is 0 Å². The van der Waals surface area contributed by atoms with Crippen molar-refractivity contribution in [3.63, 3.8) is 0 Å². The Morgan fingerprint density at radius 1 is 1.33 bits per heavy atom. The number of rotatable bonds is 4. The van der Waals surface area contributed by atoms with Gasteiger partial charge in [-0.25, -0.2) is 0 Å². The minimum Gasteiger partial charge on any atom is -0.355 e. The first-order valence-corrected chi connectivity index (χ1v) is 7.51. The minimum absolute atomic E-state index is 0.197.